The van der Waals surface area contributed by atoms with E-state index in [0.29, 0.717) is 25.0 Å². The summed E-state index contributed by atoms with van der Waals surface area (Å²) in [6.07, 6.45) is 2.49. The maximum atomic E-state index is 6.26. The van der Waals surface area contributed by atoms with E-state index in [4.69, 9.17) is 24.0 Å². The van der Waals surface area contributed by atoms with Gasteiger partial charge in [0.15, 0.2) is 0 Å². The number of rotatable bonds is 10. The largest absolute Gasteiger partial charge is 0.491 e. The Bertz CT molecular complexity index is 1070. The van der Waals surface area contributed by atoms with Crippen LogP contribution in [0, 0.1) is 0 Å². The topological polar surface area (TPSA) is 61.3 Å². The van der Waals surface area contributed by atoms with Gasteiger partial charge in [-0.15, -0.1) is 0 Å². The van der Waals surface area contributed by atoms with Gasteiger partial charge in [0.1, 0.15) is 36.9 Å². The zero-order valence-corrected chi connectivity index (χ0v) is 19.8. The van der Waals surface area contributed by atoms with Gasteiger partial charge in [0.25, 0.3) is 0 Å². The Labute approximate surface area is 195 Å². The van der Waals surface area contributed by atoms with Crippen molar-refractivity contribution < 1.29 is 18.9 Å². The number of epoxide rings is 2. The van der Waals surface area contributed by atoms with Gasteiger partial charge in [-0.1, -0.05) is 27.7 Å². The summed E-state index contributed by atoms with van der Waals surface area (Å²) >= 11 is 0. The van der Waals surface area contributed by atoms with E-state index in [1.807, 2.05) is 35.1 Å². The summed E-state index contributed by atoms with van der Waals surface area (Å²) in [4.78, 5) is 0. The molecule has 0 spiro atoms. The molecular weight excluding hydrogens is 416 g/mol. The van der Waals surface area contributed by atoms with Gasteiger partial charge in [0.05, 0.1) is 24.6 Å². The molecule has 0 aliphatic carbocycles. The third kappa shape index (κ3) is 5.23. The van der Waals surface area contributed by atoms with Crippen LogP contribution in [0.5, 0.6) is 11.5 Å². The van der Waals surface area contributed by atoms with Crippen molar-refractivity contribution in [3.63, 3.8) is 0 Å². The molecule has 2 saturated heterocycles. The predicted molar refractivity (Wildman–Crippen MR) is 128 cm³/mol. The number of hydrogen-bond donors (Lipinski definition) is 0. The van der Waals surface area contributed by atoms with Crippen LogP contribution >= 0.6 is 0 Å². The molecule has 5 rings (SSSR count). The van der Waals surface area contributed by atoms with Crippen LogP contribution in [0.1, 0.15) is 50.7 Å². The lowest BCUT2D eigenvalue weighted by Gasteiger charge is -2.21. The van der Waals surface area contributed by atoms with E-state index in [1.165, 1.54) is 11.1 Å². The highest BCUT2D eigenvalue weighted by atomic mass is 16.6. The standard InChI is InChI=1S/C27H32N2O4/c1-17(2)24-11-19(12-25(18(3)4)27(24)33-16-23-15-32-23)26-9-10-29(28-26)20-5-7-21(8-6-20)30-13-22-14-31-22/h5-12,17-18,22-23H,13-16H2,1-4H3. The Hall–Kier alpha value is -2.83. The van der Waals surface area contributed by atoms with Crippen molar-refractivity contribution in [3.05, 3.63) is 59.8 Å². The van der Waals surface area contributed by atoms with E-state index in [9.17, 15) is 0 Å². The molecule has 6 nitrogen and oxygen atoms in total. The Morgan fingerprint density at radius 3 is 2.00 bits per heavy atom. The average molecular weight is 449 g/mol. The summed E-state index contributed by atoms with van der Waals surface area (Å²) in [5.41, 5.74) is 5.48. The van der Waals surface area contributed by atoms with E-state index in [0.717, 1.165) is 41.7 Å². The summed E-state index contributed by atoms with van der Waals surface area (Å²) in [5, 5.41) is 4.87. The van der Waals surface area contributed by atoms with E-state index in [2.05, 4.69) is 45.9 Å². The molecule has 6 heteroatoms. The monoisotopic (exact) mass is 448 g/mol. The number of aromatic nitrogens is 2. The van der Waals surface area contributed by atoms with Gasteiger partial charge in [0, 0.05) is 11.8 Å². The fraction of sp³-hybridized carbons (Fsp3) is 0.444. The summed E-state index contributed by atoms with van der Waals surface area (Å²) < 4.78 is 24.5. The SMILES string of the molecule is CC(C)c1cc(-c2ccn(-c3ccc(OCC4CO4)cc3)n2)cc(C(C)C)c1OCC1CO1. The molecule has 0 radical (unpaired) electrons. The predicted octanol–water partition coefficient (Wildman–Crippen LogP) is 5.34. The Morgan fingerprint density at radius 1 is 0.879 bits per heavy atom. The quantitative estimate of drug-likeness (QED) is 0.392. The number of benzene rings is 2. The van der Waals surface area contributed by atoms with Gasteiger partial charge in [-0.3, -0.25) is 0 Å². The normalized spacial score (nSPS) is 19.2. The highest BCUT2D eigenvalue weighted by molar-refractivity contribution is 5.65. The first-order chi connectivity index (χ1) is 16.0. The molecule has 2 atom stereocenters. The molecular formula is C27H32N2O4. The highest BCUT2D eigenvalue weighted by Gasteiger charge is 2.26. The van der Waals surface area contributed by atoms with Crippen LogP contribution in [-0.4, -0.2) is 48.4 Å². The van der Waals surface area contributed by atoms with Gasteiger partial charge in [-0.25, -0.2) is 4.68 Å². The van der Waals surface area contributed by atoms with Crippen molar-refractivity contribution in [3.8, 4) is 28.4 Å². The molecule has 0 N–H and O–H groups in total. The fourth-order valence-electron chi connectivity index (χ4n) is 3.86. The van der Waals surface area contributed by atoms with Crippen LogP contribution in [0.2, 0.25) is 0 Å². The second kappa shape index (κ2) is 9.20. The molecule has 33 heavy (non-hydrogen) atoms. The first kappa shape index (κ1) is 22.0. The summed E-state index contributed by atoms with van der Waals surface area (Å²) in [6.45, 7) is 11.7. The molecule has 1 aromatic heterocycles. The van der Waals surface area contributed by atoms with Gasteiger partial charge < -0.3 is 18.9 Å². The zero-order valence-electron chi connectivity index (χ0n) is 19.8. The Balaban J connectivity index is 1.40. The maximum Gasteiger partial charge on any atom is 0.126 e. The van der Waals surface area contributed by atoms with Crippen LogP contribution in [-0.2, 0) is 9.47 Å². The van der Waals surface area contributed by atoms with E-state index < -0.39 is 0 Å². The second-order valence-electron chi connectivity index (χ2n) is 9.47. The lowest BCUT2D eigenvalue weighted by molar-refractivity contribution is 0.258. The van der Waals surface area contributed by atoms with Crippen LogP contribution in [0.4, 0.5) is 0 Å². The maximum absolute atomic E-state index is 6.26. The number of hydrogen-bond acceptors (Lipinski definition) is 5. The third-order valence-electron chi connectivity index (χ3n) is 6.03. The van der Waals surface area contributed by atoms with E-state index in [-0.39, 0.29) is 12.2 Å². The smallest absolute Gasteiger partial charge is 0.126 e. The molecule has 2 unspecified atom stereocenters. The molecule has 2 fully saturated rings. The molecule has 174 valence electrons. The van der Waals surface area contributed by atoms with Crippen molar-refractivity contribution in [2.45, 2.75) is 51.7 Å². The van der Waals surface area contributed by atoms with Crippen molar-refractivity contribution in [1.29, 1.82) is 0 Å². The van der Waals surface area contributed by atoms with E-state index in [1.54, 1.807) is 0 Å². The van der Waals surface area contributed by atoms with Crippen LogP contribution in [0.3, 0.4) is 0 Å². The van der Waals surface area contributed by atoms with Crippen molar-refractivity contribution in [1.82, 2.24) is 9.78 Å². The minimum atomic E-state index is 0.235. The van der Waals surface area contributed by atoms with E-state index >= 15 is 0 Å². The molecule has 3 heterocycles. The first-order valence-corrected chi connectivity index (χ1v) is 11.8. The summed E-state index contributed by atoms with van der Waals surface area (Å²) in [5.74, 6) is 2.53. The average Bonchev–Trinajstić information content (AvgIpc) is 3.75. The molecule has 2 aliphatic rings. The lowest BCUT2D eigenvalue weighted by atomic mass is 9.90. The van der Waals surface area contributed by atoms with Crippen LogP contribution < -0.4 is 9.47 Å². The summed E-state index contributed by atoms with van der Waals surface area (Å²) in [7, 11) is 0. The van der Waals surface area contributed by atoms with Gasteiger partial charge in [-0.05, 0) is 65.4 Å². The fourth-order valence-corrected chi connectivity index (χ4v) is 3.86. The Kier molecular flexibility index (Phi) is 6.13. The Morgan fingerprint density at radius 2 is 1.45 bits per heavy atom. The third-order valence-corrected chi connectivity index (χ3v) is 6.03. The first-order valence-electron chi connectivity index (χ1n) is 11.8. The summed E-state index contributed by atoms with van der Waals surface area (Å²) in [6, 6.07) is 14.5. The van der Waals surface area contributed by atoms with Crippen LogP contribution in [0.25, 0.3) is 16.9 Å². The molecule has 0 amide bonds. The molecule has 0 saturated carbocycles. The lowest BCUT2D eigenvalue weighted by Crippen LogP contribution is -2.10. The molecule has 3 aromatic rings. The van der Waals surface area contributed by atoms with Crippen molar-refractivity contribution >= 4 is 0 Å². The second-order valence-corrected chi connectivity index (χ2v) is 9.47. The van der Waals surface area contributed by atoms with Crippen molar-refractivity contribution in [2.24, 2.45) is 0 Å². The zero-order chi connectivity index (χ0) is 22.9. The minimum absolute atomic E-state index is 0.235. The van der Waals surface area contributed by atoms with Gasteiger partial charge in [-0.2, -0.15) is 5.10 Å². The number of ether oxygens (including phenoxy) is 4. The number of nitrogens with zero attached hydrogens (tertiary/aromatic N) is 2. The van der Waals surface area contributed by atoms with Crippen LogP contribution in [0.15, 0.2) is 48.7 Å². The highest BCUT2D eigenvalue weighted by Crippen LogP contribution is 2.39. The molecule has 0 bridgehead atoms. The van der Waals surface area contributed by atoms with Crippen molar-refractivity contribution in [2.75, 3.05) is 26.4 Å². The van der Waals surface area contributed by atoms with Gasteiger partial charge in [0.2, 0.25) is 0 Å². The molecule has 2 aromatic carbocycles. The molecule has 2 aliphatic heterocycles. The van der Waals surface area contributed by atoms with Gasteiger partial charge >= 0.3 is 0 Å². The minimum Gasteiger partial charge on any atom is -0.491 e.